The monoisotopic (exact) mass is 331 g/mol. The molecule has 2 N–H and O–H groups in total. The highest BCUT2D eigenvalue weighted by Crippen LogP contribution is 2.22. The smallest absolute Gasteiger partial charge is 0.263 e. The zero-order valence-corrected chi connectivity index (χ0v) is 13.8. The van der Waals surface area contributed by atoms with Crippen molar-refractivity contribution in [2.75, 3.05) is 4.72 Å². The summed E-state index contributed by atoms with van der Waals surface area (Å²) in [6.07, 6.45) is 3.46. The number of sulfonamides is 1. The topological polar surface area (TPSA) is 92.7 Å². The zero-order valence-electron chi connectivity index (χ0n) is 13.0. The fourth-order valence-electron chi connectivity index (χ4n) is 2.41. The van der Waals surface area contributed by atoms with E-state index in [0.717, 1.165) is 5.56 Å². The van der Waals surface area contributed by atoms with Crippen LogP contribution < -0.4 is 4.72 Å². The zero-order chi connectivity index (χ0) is 16.6. The van der Waals surface area contributed by atoms with Gasteiger partial charge in [0.05, 0.1) is 4.90 Å². The maximum atomic E-state index is 12.5. The van der Waals surface area contributed by atoms with Gasteiger partial charge in [-0.15, -0.1) is 0 Å². The van der Waals surface area contributed by atoms with Crippen LogP contribution in [0.2, 0.25) is 0 Å². The van der Waals surface area contributed by atoms with Gasteiger partial charge in [0.15, 0.2) is 11.6 Å². The van der Waals surface area contributed by atoms with Crippen molar-refractivity contribution in [3.63, 3.8) is 0 Å². The second kappa shape index (κ2) is 5.54. The van der Waals surface area contributed by atoms with Crippen LogP contribution in [0.4, 0.5) is 5.82 Å². The number of anilines is 1. The molecule has 0 fully saturated rings. The van der Waals surface area contributed by atoms with Crippen molar-refractivity contribution in [1.29, 1.82) is 0 Å². The van der Waals surface area contributed by atoms with E-state index in [4.69, 9.17) is 0 Å². The molecule has 8 heteroatoms. The summed E-state index contributed by atoms with van der Waals surface area (Å²) in [6.45, 7) is 3.69. The largest absolute Gasteiger partial charge is 0.333 e. The maximum absolute atomic E-state index is 12.5. The number of aromatic nitrogens is 4. The summed E-state index contributed by atoms with van der Waals surface area (Å²) in [6, 6.07) is 6.81. The minimum atomic E-state index is -3.69. The van der Waals surface area contributed by atoms with E-state index in [-0.39, 0.29) is 10.7 Å². The highest BCUT2D eigenvalue weighted by Gasteiger charge is 2.19. The molecule has 23 heavy (non-hydrogen) atoms. The number of hydrogen-bond donors (Lipinski definition) is 2. The van der Waals surface area contributed by atoms with Crippen LogP contribution in [0.15, 0.2) is 41.6 Å². The van der Waals surface area contributed by atoms with Crippen LogP contribution in [0.3, 0.4) is 0 Å². The Morgan fingerprint density at radius 3 is 2.65 bits per heavy atom. The van der Waals surface area contributed by atoms with Crippen LogP contribution in [0.5, 0.6) is 0 Å². The quantitative estimate of drug-likeness (QED) is 0.767. The molecule has 0 amide bonds. The van der Waals surface area contributed by atoms with E-state index in [1.807, 2.05) is 24.6 Å². The Kier molecular flexibility index (Phi) is 3.69. The van der Waals surface area contributed by atoms with E-state index in [2.05, 4.69) is 19.9 Å². The fourth-order valence-corrected chi connectivity index (χ4v) is 3.63. The van der Waals surface area contributed by atoms with Crippen molar-refractivity contribution in [2.45, 2.75) is 18.7 Å². The molecule has 0 aliphatic carbocycles. The highest BCUT2D eigenvalue weighted by atomic mass is 32.2. The molecule has 1 aromatic carbocycles. The summed E-state index contributed by atoms with van der Waals surface area (Å²) in [5.41, 5.74) is 2.34. The molecule has 0 unspecified atom stereocenters. The molecule has 0 saturated carbocycles. The number of nitrogens with zero attached hydrogens (tertiary/aromatic N) is 3. The predicted octanol–water partition coefficient (Wildman–Crippen LogP) is 2.23. The average molecular weight is 331 g/mol. The number of nitrogens with one attached hydrogen (secondary N) is 2. The van der Waals surface area contributed by atoms with Gasteiger partial charge in [-0.05, 0) is 25.5 Å². The standard InChI is InChI=1S/C15H17N5O2S/c1-10-4-5-13(11(2)8-10)23(21,22)19-14-9-12(17-18-14)15-16-6-7-20(15)3/h4-9H,1-3H3,(H2,17,18,19). The van der Waals surface area contributed by atoms with Gasteiger partial charge in [0, 0.05) is 25.5 Å². The minimum absolute atomic E-state index is 0.225. The summed E-state index contributed by atoms with van der Waals surface area (Å²) in [5.74, 6) is 0.900. The summed E-state index contributed by atoms with van der Waals surface area (Å²) in [7, 11) is -1.84. The van der Waals surface area contributed by atoms with E-state index < -0.39 is 10.0 Å². The predicted molar refractivity (Wildman–Crippen MR) is 87.5 cm³/mol. The van der Waals surface area contributed by atoms with Crippen LogP contribution in [-0.4, -0.2) is 28.2 Å². The minimum Gasteiger partial charge on any atom is -0.333 e. The summed E-state index contributed by atoms with van der Waals surface area (Å²) in [5, 5.41) is 6.79. The molecule has 2 heterocycles. The normalized spacial score (nSPS) is 11.6. The van der Waals surface area contributed by atoms with E-state index in [0.29, 0.717) is 17.1 Å². The fraction of sp³-hybridized carbons (Fsp3) is 0.200. The molecule has 7 nitrogen and oxygen atoms in total. The van der Waals surface area contributed by atoms with Crippen LogP contribution in [0.25, 0.3) is 11.5 Å². The molecule has 0 aliphatic heterocycles. The Morgan fingerprint density at radius 2 is 2.00 bits per heavy atom. The molecule has 2 aromatic heterocycles. The first-order chi connectivity index (χ1) is 10.9. The second-order valence-corrected chi connectivity index (χ2v) is 7.05. The molecule has 0 saturated heterocycles. The molecule has 0 atom stereocenters. The molecular formula is C15H17N5O2S. The molecule has 3 aromatic rings. The van der Waals surface area contributed by atoms with Crippen LogP contribution in [-0.2, 0) is 17.1 Å². The van der Waals surface area contributed by atoms with Crippen LogP contribution in [0, 0.1) is 13.8 Å². The van der Waals surface area contributed by atoms with E-state index in [9.17, 15) is 8.42 Å². The van der Waals surface area contributed by atoms with Crippen molar-refractivity contribution in [1.82, 2.24) is 19.7 Å². The SMILES string of the molecule is Cc1ccc(S(=O)(=O)Nc2cc(-c3nccn3C)[nH]n2)c(C)c1. The number of imidazole rings is 1. The number of hydrogen-bond acceptors (Lipinski definition) is 4. The first kappa shape index (κ1) is 15.3. The van der Waals surface area contributed by atoms with E-state index in [1.54, 1.807) is 37.5 Å². The Hall–Kier alpha value is -2.61. The number of aromatic amines is 1. The maximum Gasteiger partial charge on any atom is 0.263 e. The molecule has 120 valence electrons. The van der Waals surface area contributed by atoms with Crippen molar-refractivity contribution >= 4 is 15.8 Å². The molecule has 0 aliphatic rings. The third-order valence-corrected chi connectivity index (χ3v) is 5.01. The van der Waals surface area contributed by atoms with Gasteiger partial charge in [0.25, 0.3) is 10.0 Å². The van der Waals surface area contributed by atoms with E-state index in [1.165, 1.54) is 0 Å². The van der Waals surface area contributed by atoms with Gasteiger partial charge in [0.1, 0.15) is 5.69 Å². The lowest BCUT2D eigenvalue weighted by atomic mass is 10.2. The third kappa shape index (κ3) is 2.98. The van der Waals surface area contributed by atoms with Gasteiger partial charge in [-0.1, -0.05) is 17.7 Å². The number of H-pyrrole nitrogens is 1. The van der Waals surface area contributed by atoms with Gasteiger partial charge in [0.2, 0.25) is 0 Å². The van der Waals surface area contributed by atoms with Gasteiger partial charge in [-0.2, -0.15) is 5.10 Å². The molecule has 3 rings (SSSR count). The lowest BCUT2D eigenvalue weighted by Crippen LogP contribution is -2.14. The average Bonchev–Trinajstić information content (AvgIpc) is 3.06. The first-order valence-electron chi connectivity index (χ1n) is 7.00. The summed E-state index contributed by atoms with van der Waals surface area (Å²) < 4.78 is 29.3. The molecule has 0 bridgehead atoms. The lowest BCUT2D eigenvalue weighted by molar-refractivity contribution is 0.600. The van der Waals surface area contributed by atoms with Gasteiger partial charge in [-0.25, -0.2) is 13.4 Å². The second-order valence-electron chi connectivity index (χ2n) is 5.40. The number of aryl methyl sites for hydroxylation is 3. The third-order valence-electron chi connectivity index (χ3n) is 3.50. The highest BCUT2D eigenvalue weighted by molar-refractivity contribution is 7.92. The van der Waals surface area contributed by atoms with Crippen LogP contribution >= 0.6 is 0 Å². The van der Waals surface area contributed by atoms with Crippen molar-refractivity contribution < 1.29 is 8.42 Å². The van der Waals surface area contributed by atoms with Crippen LogP contribution in [0.1, 0.15) is 11.1 Å². The Balaban J connectivity index is 1.90. The molecular weight excluding hydrogens is 314 g/mol. The Bertz CT molecular complexity index is 956. The van der Waals surface area contributed by atoms with Crippen molar-refractivity contribution in [2.24, 2.45) is 7.05 Å². The Morgan fingerprint density at radius 1 is 1.22 bits per heavy atom. The molecule has 0 radical (unpaired) electrons. The van der Waals surface area contributed by atoms with E-state index >= 15 is 0 Å². The lowest BCUT2D eigenvalue weighted by Gasteiger charge is -2.08. The first-order valence-corrected chi connectivity index (χ1v) is 8.48. The number of rotatable bonds is 4. The summed E-state index contributed by atoms with van der Waals surface area (Å²) >= 11 is 0. The van der Waals surface area contributed by atoms with Gasteiger partial charge >= 0.3 is 0 Å². The van der Waals surface area contributed by atoms with Crippen molar-refractivity contribution in [3.05, 3.63) is 47.8 Å². The van der Waals surface area contributed by atoms with Gasteiger partial charge < -0.3 is 4.57 Å². The van der Waals surface area contributed by atoms with Gasteiger partial charge in [-0.3, -0.25) is 9.82 Å². The summed E-state index contributed by atoms with van der Waals surface area (Å²) in [4.78, 5) is 4.43. The molecule has 0 spiro atoms. The Labute approximate surface area is 134 Å². The number of benzene rings is 1. The van der Waals surface area contributed by atoms with Crippen molar-refractivity contribution in [3.8, 4) is 11.5 Å².